The van der Waals surface area contributed by atoms with E-state index in [2.05, 4.69) is 299 Å². The largest absolute Gasteiger partial charge is 0.311 e. The van der Waals surface area contributed by atoms with Crippen LogP contribution in [0.5, 0.6) is 0 Å². The SMILES string of the molecule is c1ccc(-c2ccccc2N2c3ccccc3B3c4ccccc4N(c4ccccc4)c4cccc2c43)cc1.c1ccc(N2c3ccccc3B3c4ccccc4N(c4ccccc4)c4cccc2c43)cc1. The predicted molar refractivity (Wildman–Crippen MR) is 306 cm³/mol. The first-order valence-corrected chi connectivity index (χ1v) is 24.9. The molecule has 0 N–H and O–H groups in total. The Kier molecular flexibility index (Phi) is 10.0. The molecule has 4 heterocycles. The van der Waals surface area contributed by atoms with Gasteiger partial charge >= 0.3 is 0 Å². The highest BCUT2D eigenvalue weighted by Crippen LogP contribution is 2.47. The molecular formula is C66H46B2N4. The summed E-state index contributed by atoms with van der Waals surface area (Å²) in [6, 6.07) is 101. The molecule has 0 bridgehead atoms. The Morgan fingerprint density at radius 1 is 0.194 bits per heavy atom. The highest BCUT2D eigenvalue weighted by Gasteiger charge is 2.44. The quantitative estimate of drug-likeness (QED) is 0.160. The summed E-state index contributed by atoms with van der Waals surface area (Å²) in [7, 11) is 0. The summed E-state index contributed by atoms with van der Waals surface area (Å²) in [6.07, 6.45) is 0. The molecule has 0 atom stereocenters. The molecule has 4 aliphatic rings. The number of hydrogen-bond donors (Lipinski definition) is 0. The summed E-state index contributed by atoms with van der Waals surface area (Å²) in [5.41, 5.74) is 25.2. The number of fused-ring (bicyclic) bond motifs is 8. The van der Waals surface area contributed by atoms with Gasteiger partial charge < -0.3 is 19.6 Å². The van der Waals surface area contributed by atoms with Crippen LogP contribution in [0.4, 0.5) is 68.2 Å². The lowest BCUT2D eigenvalue weighted by molar-refractivity contribution is 1.25. The first-order valence-electron chi connectivity index (χ1n) is 24.9. The molecule has 0 unspecified atom stereocenters. The van der Waals surface area contributed by atoms with E-state index < -0.39 is 0 Å². The maximum atomic E-state index is 2.48. The number of rotatable bonds is 5. The van der Waals surface area contributed by atoms with E-state index in [1.807, 2.05) is 0 Å². The van der Waals surface area contributed by atoms with Gasteiger partial charge in [-0.1, -0.05) is 188 Å². The maximum Gasteiger partial charge on any atom is 0.252 e. The van der Waals surface area contributed by atoms with Crippen LogP contribution in [0.15, 0.2) is 279 Å². The molecule has 0 aromatic heterocycles. The molecule has 0 aliphatic carbocycles. The second-order valence-corrected chi connectivity index (χ2v) is 18.8. The Bertz CT molecular complexity index is 3700. The molecule has 0 amide bonds. The van der Waals surface area contributed by atoms with E-state index in [1.165, 1.54) is 112 Å². The van der Waals surface area contributed by atoms with Crippen molar-refractivity contribution in [2.24, 2.45) is 0 Å². The smallest absolute Gasteiger partial charge is 0.252 e. The third-order valence-electron chi connectivity index (χ3n) is 14.9. The number of nitrogens with zero attached hydrogens (tertiary/aromatic N) is 4. The first kappa shape index (κ1) is 41.7. The standard InChI is InChI=1S/C36H25BN2.C30H21BN2/c1-3-14-26(15-4-1)28-18-7-10-21-31(28)39-33-23-12-9-20-30(33)37-29-19-8-11-22-32(29)38(27-16-5-2-6-17-27)34-24-13-25-35(39)36(34)37;1-3-12-22(13-4-1)32-26-18-9-7-16-24(26)31-25-17-8-10-19-27(25)33(23-14-5-2-6-15-23)29-21-11-20-28(32)30(29)31/h1-25H;1-21H. The highest BCUT2D eigenvalue weighted by atomic mass is 15.2. The van der Waals surface area contributed by atoms with Gasteiger partial charge in [-0.25, -0.2) is 0 Å². The van der Waals surface area contributed by atoms with E-state index in [0.717, 1.165) is 0 Å². The maximum absolute atomic E-state index is 2.48. The zero-order valence-electron chi connectivity index (χ0n) is 39.5. The fourth-order valence-corrected chi connectivity index (χ4v) is 12.0. The van der Waals surface area contributed by atoms with Gasteiger partial charge in [-0.05, 0) is 129 Å². The second-order valence-electron chi connectivity index (χ2n) is 18.8. The molecule has 15 rings (SSSR count). The molecule has 0 saturated carbocycles. The molecular weight excluding hydrogens is 870 g/mol. The fraction of sp³-hybridized carbons (Fsp3) is 0. The van der Waals surface area contributed by atoms with Crippen LogP contribution in [-0.4, -0.2) is 13.4 Å². The van der Waals surface area contributed by atoms with E-state index in [1.54, 1.807) is 0 Å². The molecule has 11 aromatic carbocycles. The minimum Gasteiger partial charge on any atom is -0.311 e. The van der Waals surface area contributed by atoms with E-state index in [0.29, 0.717) is 0 Å². The molecule has 4 nitrogen and oxygen atoms in total. The predicted octanol–water partition coefficient (Wildman–Crippen LogP) is 13.2. The summed E-state index contributed by atoms with van der Waals surface area (Å²) < 4.78 is 0. The molecule has 6 heteroatoms. The Morgan fingerprint density at radius 2 is 0.458 bits per heavy atom. The van der Waals surface area contributed by atoms with E-state index >= 15 is 0 Å². The summed E-state index contributed by atoms with van der Waals surface area (Å²) in [6.45, 7) is 0.354. The van der Waals surface area contributed by atoms with Crippen molar-refractivity contribution < 1.29 is 0 Å². The first-order chi connectivity index (χ1) is 35.8. The number of para-hydroxylation sites is 8. The van der Waals surface area contributed by atoms with Gasteiger partial charge in [-0.15, -0.1) is 0 Å². The van der Waals surface area contributed by atoms with Crippen LogP contribution >= 0.6 is 0 Å². The Morgan fingerprint density at radius 3 is 0.833 bits per heavy atom. The summed E-state index contributed by atoms with van der Waals surface area (Å²) in [5, 5.41) is 0. The summed E-state index contributed by atoms with van der Waals surface area (Å²) >= 11 is 0. The van der Waals surface area contributed by atoms with Crippen molar-refractivity contribution in [3.05, 3.63) is 279 Å². The van der Waals surface area contributed by atoms with Gasteiger partial charge in [0.2, 0.25) is 0 Å². The Balaban J connectivity index is 0.000000136. The number of benzene rings is 11. The zero-order chi connectivity index (χ0) is 47.5. The fourth-order valence-electron chi connectivity index (χ4n) is 12.0. The van der Waals surface area contributed by atoms with Gasteiger partial charge in [0.1, 0.15) is 0 Å². The van der Waals surface area contributed by atoms with Gasteiger partial charge in [0, 0.05) is 68.1 Å². The normalized spacial score (nSPS) is 13.1. The minimum absolute atomic E-state index is 0.156. The van der Waals surface area contributed by atoms with Crippen molar-refractivity contribution in [2.45, 2.75) is 0 Å². The van der Waals surface area contributed by atoms with Gasteiger partial charge in [0.05, 0.1) is 5.69 Å². The second kappa shape index (κ2) is 17.3. The van der Waals surface area contributed by atoms with Crippen LogP contribution < -0.4 is 52.4 Å². The molecule has 0 fully saturated rings. The molecule has 0 spiro atoms. The van der Waals surface area contributed by atoms with Crippen LogP contribution in [-0.2, 0) is 0 Å². The average molecular weight is 917 g/mol. The topological polar surface area (TPSA) is 13.0 Å². The van der Waals surface area contributed by atoms with Gasteiger partial charge in [-0.3, -0.25) is 0 Å². The molecule has 0 radical (unpaired) electrons. The van der Waals surface area contributed by atoms with Crippen molar-refractivity contribution >= 4 is 114 Å². The lowest BCUT2D eigenvalue weighted by Crippen LogP contribution is -2.61. The summed E-state index contributed by atoms with van der Waals surface area (Å²) in [5.74, 6) is 0. The van der Waals surface area contributed by atoms with E-state index in [9.17, 15) is 0 Å². The van der Waals surface area contributed by atoms with Crippen LogP contribution in [0.25, 0.3) is 11.1 Å². The third-order valence-corrected chi connectivity index (χ3v) is 14.9. The minimum atomic E-state index is 0.156. The van der Waals surface area contributed by atoms with Crippen molar-refractivity contribution in [1.82, 2.24) is 0 Å². The van der Waals surface area contributed by atoms with Crippen LogP contribution in [0.1, 0.15) is 0 Å². The van der Waals surface area contributed by atoms with Crippen LogP contribution in [0.3, 0.4) is 0 Å². The van der Waals surface area contributed by atoms with Gasteiger partial charge in [0.15, 0.2) is 0 Å². The molecule has 0 saturated heterocycles. The van der Waals surface area contributed by atoms with Gasteiger partial charge in [0.25, 0.3) is 13.4 Å². The number of hydrogen-bond acceptors (Lipinski definition) is 4. The molecule has 4 aliphatic heterocycles. The summed E-state index contributed by atoms with van der Waals surface area (Å²) in [4.78, 5) is 9.74. The zero-order valence-corrected chi connectivity index (χ0v) is 39.5. The van der Waals surface area contributed by atoms with Crippen LogP contribution in [0, 0.1) is 0 Å². The Hall–Kier alpha value is -9.25. The number of anilines is 12. The molecule has 336 valence electrons. The monoisotopic (exact) mass is 916 g/mol. The lowest BCUT2D eigenvalue weighted by atomic mass is 9.33. The average Bonchev–Trinajstić information content (AvgIpc) is 3.46. The molecule has 72 heavy (non-hydrogen) atoms. The third kappa shape index (κ3) is 6.57. The Labute approximate surface area is 422 Å². The van der Waals surface area contributed by atoms with E-state index in [4.69, 9.17) is 0 Å². The molecule has 11 aromatic rings. The van der Waals surface area contributed by atoms with Gasteiger partial charge in [-0.2, -0.15) is 0 Å². The van der Waals surface area contributed by atoms with Crippen molar-refractivity contribution in [3.8, 4) is 11.1 Å². The van der Waals surface area contributed by atoms with Crippen molar-refractivity contribution in [3.63, 3.8) is 0 Å². The highest BCUT2D eigenvalue weighted by molar-refractivity contribution is 7.01. The van der Waals surface area contributed by atoms with Crippen LogP contribution in [0.2, 0.25) is 0 Å². The lowest BCUT2D eigenvalue weighted by Gasteiger charge is -2.44. The van der Waals surface area contributed by atoms with Crippen molar-refractivity contribution in [2.75, 3.05) is 19.6 Å². The van der Waals surface area contributed by atoms with E-state index in [-0.39, 0.29) is 13.4 Å². The van der Waals surface area contributed by atoms with Crippen molar-refractivity contribution in [1.29, 1.82) is 0 Å².